The third-order valence-corrected chi connectivity index (χ3v) is 3.87. The van der Waals surface area contributed by atoms with Crippen LogP contribution in [0.4, 0.5) is 4.79 Å². The summed E-state index contributed by atoms with van der Waals surface area (Å²) < 4.78 is 0. The van der Waals surface area contributed by atoms with Gasteiger partial charge in [0.1, 0.15) is 0 Å². The van der Waals surface area contributed by atoms with Crippen LogP contribution >= 0.6 is 0 Å². The SMILES string of the molecule is CN(C)C(=O)N1CCN(C(=O)CC2CCCN2)CC1. The lowest BCUT2D eigenvalue weighted by Crippen LogP contribution is -2.53. The molecule has 2 aliphatic heterocycles. The minimum atomic E-state index is 0.0320. The normalized spacial score (nSPS) is 23.6. The van der Waals surface area contributed by atoms with Gasteiger partial charge in [0.05, 0.1) is 0 Å². The van der Waals surface area contributed by atoms with Gasteiger partial charge in [-0.3, -0.25) is 4.79 Å². The summed E-state index contributed by atoms with van der Waals surface area (Å²) in [5.41, 5.74) is 0. The first-order valence-electron chi connectivity index (χ1n) is 7.05. The van der Waals surface area contributed by atoms with E-state index in [1.807, 2.05) is 4.90 Å². The number of carbonyl (C=O) groups is 2. The molecular formula is C13H24N4O2. The summed E-state index contributed by atoms with van der Waals surface area (Å²) in [6, 6.07) is 0.387. The van der Waals surface area contributed by atoms with Crippen molar-refractivity contribution in [1.29, 1.82) is 0 Å². The molecule has 19 heavy (non-hydrogen) atoms. The van der Waals surface area contributed by atoms with Crippen LogP contribution in [0.2, 0.25) is 0 Å². The summed E-state index contributed by atoms with van der Waals surface area (Å²) in [6.07, 6.45) is 2.87. The van der Waals surface area contributed by atoms with E-state index >= 15 is 0 Å². The Balaban J connectivity index is 1.76. The molecule has 2 heterocycles. The van der Waals surface area contributed by atoms with E-state index in [2.05, 4.69) is 5.32 Å². The van der Waals surface area contributed by atoms with Crippen LogP contribution in [0.15, 0.2) is 0 Å². The standard InChI is InChI=1S/C13H24N4O2/c1-15(2)13(19)17-8-6-16(7-9-17)12(18)10-11-4-3-5-14-11/h11,14H,3-10H2,1-2H3. The van der Waals surface area contributed by atoms with Crippen molar-refractivity contribution in [3.8, 4) is 0 Å². The van der Waals surface area contributed by atoms with Crippen molar-refractivity contribution in [2.24, 2.45) is 0 Å². The van der Waals surface area contributed by atoms with E-state index in [4.69, 9.17) is 0 Å². The van der Waals surface area contributed by atoms with E-state index in [-0.39, 0.29) is 11.9 Å². The lowest BCUT2D eigenvalue weighted by atomic mass is 10.1. The number of urea groups is 1. The molecule has 2 aliphatic rings. The van der Waals surface area contributed by atoms with E-state index < -0.39 is 0 Å². The van der Waals surface area contributed by atoms with Crippen LogP contribution in [0.1, 0.15) is 19.3 Å². The zero-order chi connectivity index (χ0) is 13.8. The van der Waals surface area contributed by atoms with Crippen LogP contribution in [0.5, 0.6) is 0 Å². The Kier molecular flexibility index (Phi) is 4.63. The summed E-state index contributed by atoms with van der Waals surface area (Å²) in [4.78, 5) is 29.2. The number of nitrogens with one attached hydrogen (secondary N) is 1. The topological polar surface area (TPSA) is 55.9 Å². The van der Waals surface area contributed by atoms with Crippen molar-refractivity contribution in [2.45, 2.75) is 25.3 Å². The molecular weight excluding hydrogens is 244 g/mol. The van der Waals surface area contributed by atoms with Gasteiger partial charge in [-0.1, -0.05) is 0 Å². The maximum Gasteiger partial charge on any atom is 0.319 e. The lowest BCUT2D eigenvalue weighted by Gasteiger charge is -2.36. The van der Waals surface area contributed by atoms with Gasteiger partial charge in [-0.05, 0) is 19.4 Å². The van der Waals surface area contributed by atoms with Crippen molar-refractivity contribution >= 4 is 11.9 Å². The van der Waals surface area contributed by atoms with Gasteiger partial charge in [-0.15, -0.1) is 0 Å². The van der Waals surface area contributed by atoms with Crippen LogP contribution < -0.4 is 5.32 Å². The minimum absolute atomic E-state index is 0.0320. The second-order valence-electron chi connectivity index (χ2n) is 5.54. The molecule has 0 aromatic carbocycles. The molecule has 0 spiro atoms. The van der Waals surface area contributed by atoms with E-state index in [0.717, 1.165) is 13.0 Å². The molecule has 1 unspecified atom stereocenters. The second-order valence-corrected chi connectivity index (χ2v) is 5.54. The van der Waals surface area contributed by atoms with E-state index in [1.54, 1.807) is 23.9 Å². The fourth-order valence-corrected chi connectivity index (χ4v) is 2.70. The summed E-state index contributed by atoms with van der Waals surface area (Å²) >= 11 is 0. The lowest BCUT2D eigenvalue weighted by molar-refractivity contribution is -0.133. The molecule has 1 atom stereocenters. The predicted molar refractivity (Wildman–Crippen MR) is 72.9 cm³/mol. The van der Waals surface area contributed by atoms with Crippen LogP contribution in [-0.2, 0) is 4.79 Å². The second kappa shape index (κ2) is 6.23. The molecule has 3 amide bonds. The van der Waals surface area contributed by atoms with Gasteiger partial charge in [-0.2, -0.15) is 0 Å². The number of piperazine rings is 1. The molecule has 0 radical (unpaired) electrons. The first-order valence-corrected chi connectivity index (χ1v) is 7.05. The van der Waals surface area contributed by atoms with Gasteiger partial charge >= 0.3 is 6.03 Å². The zero-order valence-electron chi connectivity index (χ0n) is 11.9. The Morgan fingerprint density at radius 3 is 2.32 bits per heavy atom. The third-order valence-electron chi connectivity index (χ3n) is 3.87. The summed E-state index contributed by atoms with van der Waals surface area (Å²) in [5.74, 6) is 0.219. The van der Waals surface area contributed by atoms with Gasteiger partial charge in [0.15, 0.2) is 0 Å². The first kappa shape index (κ1) is 14.1. The average Bonchev–Trinajstić information content (AvgIpc) is 2.90. The van der Waals surface area contributed by atoms with E-state index in [9.17, 15) is 9.59 Å². The van der Waals surface area contributed by atoms with Crippen molar-refractivity contribution in [2.75, 3.05) is 46.8 Å². The maximum absolute atomic E-state index is 12.1. The number of rotatable bonds is 2. The van der Waals surface area contributed by atoms with Gasteiger partial charge in [-0.25, -0.2) is 4.79 Å². The summed E-state index contributed by atoms with van der Waals surface area (Å²) in [6.45, 7) is 3.63. The Hall–Kier alpha value is -1.30. The number of hydrogen-bond acceptors (Lipinski definition) is 3. The predicted octanol–water partition coefficient (Wildman–Crippen LogP) is -0.0457. The van der Waals surface area contributed by atoms with Crippen LogP contribution in [-0.4, -0.2) is 79.5 Å². The van der Waals surface area contributed by atoms with E-state index in [0.29, 0.717) is 38.6 Å². The molecule has 108 valence electrons. The summed E-state index contributed by atoms with van der Waals surface area (Å²) in [7, 11) is 3.51. The fraction of sp³-hybridized carbons (Fsp3) is 0.846. The van der Waals surface area contributed by atoms with Crippen molar-refractivity contribution in [3.05, 3.63) is 0 Å². The minimum Gasteiger partial charge on any atom is -0.339 e. The Morgan fingerprint density at radius 2 is 1.79 bits per heavy atom. The van der Waals surface area contributed by atoms with Crippen molar-refractivity contribution in [1.82, 2.24) is 20.0 Å². The van der Waals surface area contributed by atoms with Crippen LogP contribution in [0.3, 0.4) is 0 Å². The highest BCUT2D eigenvalue weighted by Gasteiger charge is 2.26. The van der Waals surface area contributed by atoms with E-state index in [1.165, 1.54) is 6.42 Å². The van der Waals surface area contributed by atoms with Gasteiger partial charge in [0.2, 0.25) is 5.91 Å². The average molecular weight is 268 g/mol. The number of carbonyl (C=O) groups excluding carboxylic acids is 2. The first-order chi connectivity index (χ1) is 9.08. The highest BCUT2D eigenvalue weighted by molar-refractivity contribution is 5.78. The maximum atomic E-state index is 12.1. The highest BCUT2D eigenvalue weighted by atomic mass is 16.2. The van der Waals surface area contributed by atoms with Crippen LogP contribution in [0.25, 0.3) is 0 Å². The quantitative estimate of drug-likeness (QED) is 0.764. The molecule has 1 N–H and O–H groups in total. The van der Waals surface area contributed by atoms with Gasteiger partial charge < -0.3 is 20.0 Å². The molecule has 6 nitrogen and oxygen atoms in total. The molecule has 2 fully saturated rings. The Bertz CT molecular complexity index is 332. The largest absolute Gasteiger partial charge is 0.339 e. The molecule has 2 saturated heterocycles. The number of amides is 3. The fourth-order valence-electron chi connectivity index (χ4n) is 2.70. The number of nitrogens with zero attached hydrogens (tertiary/aromatic N) is 3. The molecule has 0 aromatic rings. The third kappa shape index (κ3) is 3.59. The van der Waals surface area contributed by atoms with Gasteiger partial charge in [0.25, 0.3) is 0 Å². The zero-order valence-corrected chi connectivity index (χ0v) is 11.9. The molecule has 0 saturated carbocycles. The molecule has 0 bridgehead atoms. The Morgan fingerprint density at radius 1 is 1.16 bits per heavy atom. The van der Waals surface area contributed by atoms with Crippen molar-refractivity contribution in [3.63, 3.8) is 0 Å². The van der Waals surface area contributed by atoms with Gasteiger partial charge in [0, 0.05) is 52.7 Å². The molecule has 0 aliphatic carbocycles. The monoisotopic (exact) mass is 268 g/mol. The highest BCUT2D eigenvalue weighted by Crippen LogP contribution is 2.12. The number of hydrogen-bond donors (Lipinski definition) is 1. The van der Waals surface area contributed by atoms with Crippen molar-refractivity contribution < 1.29 is 9.59 Å². The Labute approximate surface area is 114 Å². The smallest absolute Gasteiger partial charge is 0.319 e. The summed E-state index contributed by atoms with van der Waals surface area (Å²) in [5, 5.41) is 3.35. The molecule has 6 heteroatoms. The molecule has 2 rings (SSSR count). The van der Waals surface area contributed by atoms with Crippen LogP contribution in [0, 0.1) is 0 Å². The molecule has 0 aromatic heterocycles.